The average Bonchev–Trinajstić information content (AvgIpc) is 2.03. The van der Waals surface area contributed by atoms with E-state index in [0.717, 1.165) is 6.07 Å². The maximum Gasteiger partial charge on any atom is 0.513 e. The van der Waals surface area contributed by atoms with Crippen LogP contribution in [0.3, 0.4) is 0 Å². The van der Waals surface area contributed by atoms with Crippen LogP contribution in [0.2, 0.25) is 0 Å². The number of halogens is 3. The largest absolute Gasteiger partial charge is 0.513 e. The van der Waals surface area contributed by atoms with Crippen molar-refractivity contribution in [1.82, 2.24) is 0 Å². The molecule has 0 aromatic heterocycles. The fraction of sp³-hybridized carbons (Fsp3) is 0.250. The highest BCUT2D eigenvalue weighted by Crippen LogP contribution is 2.18. The SMILES string of the molecule is COc1ccc(C)cc1[B-](F)(F)F. The zero-order chi connectivity index (χ0) is 10.1. The predicted octanol–water partition coefficient (Wildman–Crippen LogP) is 2.06. The lowest BCUT2D eigenvalue weighted by Crippen LogP contribution is -2.35. The molecule has 13 heavy (non-hydrogen) atoms. The first-order valence-corrected chi connectivity index (χ1v) is 3.79. The van der Waals surface area contributed by atoms with Crippen LogP contribution in [0, 0.1) is 6.92 Å². The number of hydrogen-bond acceptors (Lipinski definition) is 1. The second-order valence-electron chi connectivity index (χ2n) is 2.82. The van der Waals surface area contributed by atoms with Gasteiger partial charge in [0.15, 0.2) is 0 Å². The smallest absolute Gasteiger partial charge is 0.500 e. The molecular formula is C8H9BF3O-. The Morgan fingerprint density at radius 2 is 1.85 bits per heavy atom. The molecule has 0 aliphatic heterocycles. The van der Waals surface area contributed by atoms with Crippen LogP contribution in [0.1, 0.15) is 5.56 Å². The highest BCUT2D eigenvalue weighted by atomic mass is 19.4. The highest BCUT2D eigenvalue weighted by molar-refractivity contribution is 6.74. The van der Waals surface area contributed by atoms with E-state index in [0.29, 0.717) is 5.56 Å². The summed E-state index contributed by atoms with van der Waals surface area (Å²) in [5.74, 6) is -0.113. The van der Waals surface area contributed by atoms with Gasteiger partial charge < -0.3 is 17.7 Å². The summed E-state index contributed by atoms with van der Waals surface area (Å²) in [5, 5.41) is 0. The summed E-state index contributed by atoms with van der Waals surface area (Å²) < 4.78 is 41.8. The maximum atomic E-state index is 12.4. The Labute approximate surface area is 74.6 Å². The Kier molecular flexibility index (Phi) is 2.54. The molecule has 0 aliphatic carbocycles. The molecule has 0 unspecified atom stereocenters. The van der Waals surface area contributed by atoms with Gasteiger partial charge in [-0.05, 0) is 13.0 Å². The monoisotopic (exact) mass is 189 g/mol. The molecule has 72 valence electrons. The van der Waals surface area contributed by atoms with E-state index in [9.17, 15) is 12.9 Å². The minimum atomic E-state index is -4.98. The number of aryl methyl sites for hydroxylation is 1. The summed E-state index contributed by atoms with van der Waals surface area (Å²) >= 11 is 0. The van der Waals surface area contributed by atoms with Gasteiger partial charge >= 0.3 is 6.98 Å². The van der Waals surface area contributed by atoms with Crippen molar-refractivity contribution in [3.63, 3.8) is 0 Å². The molecule has 0 aliphatic rings. The molecule has 0 N–H and O–H groups in total. The molecule has 0 radical (unpaired) electrons. The van der Waals surface area contributed by atoms with E-state index in [1.54, 1.807) is 13.0 Å². The van der Waals surface area contributed by atoms with Crippen molar-refractivity contribution in [2.75, 3.05) is 7.11 Å². The van der Waals surface area contributed by atoms with Gasteiger partial charge in [-0.15, -0.1) is 0 Å². The molecule has 0 bridgehead atoms. The first kappa shape index (κ1) is 9.96. The fourth-order valence-electron chi connectivity index (χ4n) is 1.11. The second kappa shape index (κ2) is 3.32. The third-order valence-electron chi connectivity index (χ3n) is 1.74. The average molecular weight is 189 g/mol. The topological polar surface area (TPSA) is 9.23 Å². The van der Waals surface area contributed by atoms with Gasteiger partial charge in [-0.1, -0.05) is 23.2 Å². The molecule has 0 heterocycles. The molecular weight excluding hydrogens is 180 g/mol. The van der Waals surface area contributed by atoms with Crippen LogP contribution in [0.4, 0.5) is 12.9 Å². The van der Waals surface area contributed by atoms with Crippen LogP contribution < -0.4 is 10.2 Å². The van der Waals surface area contributed by atoms with Crippen molar-refractivity contribution >= 4 is 12.4 Å². The van der Waals surface area contributed by atoms with Crippen molar-refractivity contribution in [2.45, 2.75) is 6.92 Å². The van der Waals surface area contributed by atoms with Crippen LogP contribution in [0.25, 0.3) is 0 Å². The Morgan fingerprint density at radius 3 is 2.31 bits per heavy atom. The van der Waals surface area contributed by atoms with Crippen LogP contribution in [-0.2, 0) is 0 Å². The van der Waals surface area contributed by atoms with Crippen LogP contribution in [-0.4, -0.2) is 14.1 Å². The Bertz CT molecular complexity index is 309. The van der Waals surface area contributed by atoms with E-state index < -0.39 is 12.4 Å². The van der Waals surface area contributed by atoms with Gasteiger partial charge in [0.1, 0.15) is 0 Å². The van der Waals surface area contributed by atoms with Gasteiger partial charge in [0, 0.05) is 0 Å². The Morgan fingerprint density at radius 1 is 1.23 bits per heavy atom. The number of ether oxygens (including phenoxy) is 1. The van der Waals surface area contributed by atoms with Gasteiger partial charge in [0.05, 0.1) is 12.9 Å². The normalized spacial score (nSPS) is 11.5. The van der Waals surface area contributed by atoms with Crippen LogP contribution in [0.5, 0.6) is 5.75 Å². The van der Waals surface area contributed by atoms with Gasteiger partial charge in [0.25, 0.3) is 0 Å². The van der Waals surface area contributed by atoms with E-state index in [1.807, 2.05) is 0 Å². The molecule has 1 aromatic rings. The van der Waals surface area contributed by atoms with E-state index in [1.165, 1.54) is 13.2 Å². The van der Waals surface area contributed by atoms with Gasteiger partial charge in [-0.25, -0.2) is 0 Å². The van der Waals surface area contributed by atoms with Crippen molar-refractivity contribution in [3.05, 3.63) is 23.8 Å². The van der Waals surface area contributed by atoms with Crippen LogP contribution in [0.15, 0.2) is 18.2 Å². The molecule has 0 atom stereocenters. The molecule has 1 rings (SSSR count). The first-order chi connectivity index (χ1) is 5.95. The van der Waals surface area contributed by atoms with E-state index >= 15 is 0 Å². The van der Waals surface area contributed by atoms with E-state index in [-0.39, 0.29) is 5.75 Å². The zero-order valence-corrected chi connectivity index (χ0v) is 7.35. The van der Waals surface area contributed by atoms with E-state index in [4.69, 9.17) is 0 Å². The Hall–Kier alpha value is -1.13. The number of hydrogen-bond donors (Lipinski definition) is 0. The summed E-state index contributed by atoms with van der Waals surface area (Å²) in [5.41, 5.74) is -0.0856. The number of benzene rings is 1. The van der Waals surface area contributed by atoms with Gasteiger partial charge in [-0.3, -0.25) is 0 Å². The molecule has 0 saturated heterocycles. The number of methoxy groups -OCH3 is 1. The predicted molar refractivity (Wildman–Crippen MR) is 46.4 cm³/mol. The molecule has 1 aromatic carbocycles. The van der Waals surface area contributed by atoms with Crippen molar-refractivity contribution in [2.24, 2.45) is 0 Å². The summed E-state index contributed by atoms with van der Waals surface area (Å²) in [4.78, 5) is 0. The maximum absolute atomic E-state index is 12.4. The molecule has 1 nitrogen and oxygen atoms in total. The molecule has 0 amide bonds. The molecule has 0 fully saturated rings. The lowest BCUT2D eigenvalue weighted by molar-refractivity contribution is 0.412. The van der Waals surface area contributed by atoms with Gasteiger partial charge in [0.2, 0.25) is 0 Å². The standard InChI is InChI=1S/C8H9BF3O/c1-6-3-4-8(13-2)7(5-6)9(10,11)12/h3-5H,1-2H3/q-1. The summed E-state index contributed by atoms with van der Waals surface area (Å²) in [6.07, 6.45) is 0. The third kappa shape index (κ3) is 2.17. The highest BCUT2D eigenvalue weighted by Gasteiger charge is 2.28. The van der Waals surface area contributed by atoms with Crippen molar-refractivity contribution in [1.29, 1.82) is 0 Å². The van der Waals surface area contributed by atoms with Gasteiger partial charge in [-0.2, -0.15) is 0 Å². The van der Waals surface area contributed by atoms with E-state index in [2.05, 4.69) is 4.74 Å². The summed E-state index contributed by atoms with van der Waals surface area (Å²) in [7, 11) is 1.23. The fourth-order valence-corrected chi connectivity index (χ4v) is 1.11. The lowest BCUT2D eigenvalue weighted by Gasteiger charge is -2.18. The minimum Gasteiger partial charge on any atom is -0.500 e. The lowest BCUT2D eigenvalue weighted by atomic mass is 9.78. The van der Waals surface area contributed by atoms with Crippen LogP contribution >= 0.6 is 0 Å². The minimum absolute atomic E-state index is 0.113. The van der Waals surface area contributed by atoms with Crippen molar-refractivity contribution in [3.8, 4) is 5.75 Å². The second-order valence-corrected chi connectivity index (χ2v) is 2.82. The number of rotatable bonds is 2. The molecule has 5 heteroatoms. The molecule has 0 spiro atoms. The quantitative estimate of drug-likeness (QED) is 0.647. The first-order valence-electron chi connectivity index (χ1n) is 3.79. The summed E-state index contributed by atoms with van der Waals surface area (Å²) in [6.45, 7) is -3.37. The zero-order valence-electron chi connectivity index (χ0n) is 7.35. The third-order valence-corrected chi connectivity index (χ3v) is 1.74. The Balaban J connectivity index is 3.24. The molecule has 0 saturated carbocycles. The summed E-state index contributed by atoms with van der Waals surface area (Å²) in [6, 6.07) is 4.02. The van der Waals surface area contributed by atoms with Crippen molar-refractivity contribution < 1.29 is 17.7 Å².